The second-order valence-electron chi connectivity index (χ2n) is 1.92. The van der Waals surface area contributed by atoms with Crippen molar-refractivity contribution in [3.63, 3.8) is 0 Å². The van der Waals surface area contributed by atoms with Crippen molar-refractivity contribution in [3.8, 4) is 0 Å². The van der Waals surface area contributed by atoms with Gasteiger partial charge in [0.1, 0.15) is 5.57 Å². The fourth-order valence-corrected chi connectivity index (χ4v) is 0.649. The van der Waals surface area contributed by atoms with Crippen LogP contribution in [-0.2, 0) is 4.79 Å². The lowest BCUT2D eigenvalue weighted by Crippen LogP contribution is -2.30. The lowest BCUT2D eigenvalue weighted by atomic mass is 10.3. The third-order valence-electron chi connectivity index (χ3n) is 0.993. The average Bonchev–Trinajstić information content (AvgIpc) is 1.97. The summed E-state index contributed by atoms with van der Waals surface area (Å²) in [6.45, 7) is 2.63. The number of carbonyl (C=O) groups excluding carboxylic acids is 1. The minimum Gasteiger partial charge on any atom is -0.343 e. The summed E-state index contributed by atoms with van der Waals surface area (Å²) in [5.41, 5.74) is -1.36. The molecule has 1 amide bonds. The molecular formula is C6H8F3NOS. The van der Waals surface area contributed by atoms with Gasteiger partial charge in [0.15, 0.2) is 0 Å². The summed E-state index contributed by atoms with van der Waals surface area (Å²) in [5.74, 6) is -1.02. The number of rotatable bonds is 3. The van der Waals surface area contributed by atoms with Gasteiger partial charge in [-0.2, -0.15) is 13.2 Å². The van der Waals surface area contributed by atoms with Gasteiger partial charge in [0.25, 0.3) is 5.91 Å². The molecule has 0 spiro atoms. The lowest BCUT2D eigenvalue weighted by Gasteiger charge is -2.08. The molecule has 0 aromatic rings. The van der Waals surface area contributed by atoms with Gasteiger partial charge in [-0.3, -0.25) is 4.79 Å². The summed E-state index contributed by atoms with van der Waals surface area (Å²) in [4.78, 5) is 10.6. The maximum atomic E-state index is 11.8. The van der Waals surface area contributed by atoms with Crippen LogP contribution >= 0.6 is 11.8 Å². The van der Waals surface area contributed by atoms with Crippen molar-refractivity contribution in [2.75, 3.05) is 12.1 Å². The van der Waals surface area contributed by atoms with Crippen LogP contribution in [0.25, 0.3) is 0 Å². The zero-order valence-corrected chi connectivity index (χ0v) is 7.18. The average molecular weight is 199 g/mol. The molecule has 0 aliphatic rings. The molecule has 0 atom stereocenters. The summed E-state index contributed by atoms with van der Waals surface area (Å²) >= 11 is 1.22. The fourth-order valence-electron chi connectivity index (χ4n) is 0.373. The summed E-state index contributed by atoms with van der Waals surface area (Å²) in [5, 5.41) is 2.04. The number of alkyl halides is 3. The molecule has 0 bridgehead atoms. The summed E-state index contributed by atoms with van der Waals surface area (Å²) in [6.07, 6.45) is -2.97. The third-order valence-corrected chi connectivity index (χ3v) is 1.43. The molecule has 0 aliphatic heterocycles. The van der Waals surface area contributed by atoms with Gasteiger partial charge in [-0.05, 0) is 6.26 Å². The maximum Gasteiger partial charge on any atom is 0.421 e. The Labute approximate surface area is 72.2 Å². The highest BCUT2D eigenvalue weighted by Crippen LogP contribution is 2.23. The van der Waals surface area contributed by atoms with E-state index in [1.165, 1.54) is 11.8 Å². The molecule has 0 saturated carbocycles. The van der Waals surface area contributed by atoms with Crippen molar-refractivity contribution in [2.45, 2.75) is 6.18 Å². The van der Waals surface area contributed by atoms with E-state index in [0.29, 0.717) is 0 Å². The van der Waals surface area contributed by atoms with E-state index in [-0.39, 0.29) is 5.88 Å². The Morgan fingerprint density at radius 1 is 1.58 bits per heavy atom. The molecule has 0 fully saturated rings. The minimum atomic E-state index is -4.64. The van der Waals surface area contributed by atoms with E-state index in [9.17, 15) is 18.0 Å². The molecule has 0 unspecified atom stereocenters. The van der Waals surface area contributed by atoms with Gasteiger partial charge >= 0.3 is 6.18 Å². The Morgan fingerprint density at radius 3 is 2.42 bits per heavy atom. The first-order chi connectivity index (χ1) is 5.39. The van der Waals surface area contributed by atoms with Gasteiger partial charge in [-0.25, -0.2) is 0 Å². The Hall–Kier alpha value is -0.650. The van der Waals surface area contributed by atoms with Crippen LogP contribution in [0, 0.1) is 0 Å². The Morgan fingerprint density at radius 2 is 2.08 bits per heavy atom. The zero-order valence-electron chi connectivity index (χ0n) is 6.36. The van der Waals surface area contributed by atoms with Crippen molar-refractivity contribution in [3.05, 3.63) is 12.2 Å². The quantitative estimate of drug-likeness (QED) is 0.551. The first-order valence-corrected chi connectivity index (χ1v) is 4.32. The van der Waals surface area contributed by atoms with E-state index >= 15 is 0 Å². The van der Waals surface area contributed by atoms with Crippen molar-refractivity contribution < 1.29 is 18.0 Å². The third kappa shape index (κ3) is 3.66. The molecule has 2 nitrogen and oxygen atoms in total. The molecule has 0 rings (SSSR count). The van der Waals surface area contributed by atoms with E-state index in [1.807, 2.05) is 5.32 Å². The van der Waals surface area contributed by atoms with Crippen LogP contribution in [0.4, 0.5) is 13.2 Å². The van der Waals surface area contributed by atoms with Crippen LogP contribution in [0.2, 0.25) is 0 Å². The van der Waals surface area contributed by atoms with Crippen molar-refractivity contribution in [1.82, 2.24) is 5.32 Å². The van der Waals surface area contributed by atoms with E-state index in [1.54, 1.807) is 6.26 Å². The molecule has 1 N–H and O–H groups in total. The van der Waals surface area contributed by atoms with Crippen LogP contribution in [-0.4, -0.2) is 24.2 Å². The molecule has 0 saturated heterocycles. The summed E-state index contributed by atoms with van der Waals surface area (Å²) < 4.78 is 35.3. The van der Waals surface area contributed by atoms with E-state index in [2.05, 4.69) is 6.58 Å². The second-order valence-corrected chi connectivity index (χ2v) is 2.78. The normalized spacial score (nSPS) is 11.0. The SMILES string of the molecule is C=C(C(=O)NCSC)C(F)(F)F. The minimum absolute atomic E-state index is 0.147. The van der Waals surface area contributed by atoms with Crippen LogP contribution in [0.1, 0.15) is 0 Å². The largest absolute Gasteiger partial charge is 0.421 e. The number of thioether (sulfide) groups is 1. The van der Waals surface area contributed by atoms with Gasteiger partial charge in [-0.15, -0.1) is 11.8 Å². The summed E-state index contributed by atoms with van der Waals surface area (Å²) in [6, 6.07) is 0. The number of hydrogen-bond donors (Lipinski definition) is 1. The van der Waals surface area contributed by atoms with Gasteiger partial charge in [-0.1, -0.05) is 6.58 Å². The first kappa shape index (κ1) is 11.4. The number of amides is 1. The van der Waals surface area contributed by atoms with Crippen LogP contribution in [0.15, 0.2) is 12.2 Å². The molecular weight excluding hydrogens is 191 g/mol. The van der Waals surface area contributed by atoms with Crippen molar-refractivity contribution in [2.24, 2.45) is 0 Å². The van der Waals surface area contributed by atoms with Crippen molar-refractivity contribution >= 4 is 17.7 Å². The molecule has 0 aromatic heterocycles. The predicted octanol–water partition coefficient (Wildman–Crippen LogP) is 1.54. The smallest absolute Gasteiger partial charge is 0.343 e. The molecule has 6 heteroatoms. The number of nitrogens with one attached hydrogen (secondary N) is 1. The highest BCUT2D eigenvalue weighted by Gasteiger charge is 2.36. The zero-order chi connectivity index (χ0) is 9.78. The Kier molecular flexibility index (Phi) is 4.16. The maximum absolute atomic E-state index is 11.8. The highest BCUT2D eigenvalue weighted by molar-refractivity contribution is 7.98. The molecule has 0 aliphatic carbocycles. The van der Waals surface area contributed by atoms with Crippen LogP contribution in [0.5, 0.6) is 0 Å². The Balaban J connectivity index is 4.04. The summed E-state index contributed by atoms with van der Waals surface area (Å²) in [7, 11) is 0. The number of carbonyl (C=O) groups is 1. The molecule has 12 heavy (non-hydrogen) atoms. The molecule has 70 valence electrons. The van der Waals surface area contributed by atoms with Gasteiger partial charge < -0.3 is 5.32 Å². The van der Waals surface area contributed by atoms with E-state index in [4.69, 9.17) is 0 Å². The number of halogens is 3. The highest BCUT2D eigenvalue weighted by atomic mass is 32.2. The number of hydrogen-bond acceptors (Lipinski definition) is 2. The van der Waals surface area contributed by atoms with E-state index < -0.39 is 17.7 Å². The van der Waals surface area contributed by atoms with Crippen molar-refractivity contribution in [1.29, 1.82) is 0 Å². The van der Waals surface area contributed by atoms with Crippen LogP contribution < -0.4 is 5.32 Å². The van der Waals surface area contributed by atoms with Gasteiger partial charge in [0.2, 0.25) is 0 Å². The predicted molar refractivity (Wildman–Crippen MR) is 41.7 cm³/mol. The van der Waals surface area contributed by atoms with Crippen LogP contribution in [0.3, 0.4) is 0 Å². The molecule has 0 radical (unpaired) electrons. The first-order valence-electron chi connectivity index (χ1n) is 2.93. The Bertz CT molecular complexity index is 190. The second kappa shape index (κ2) is 4.39. The van der Waals surface area contributed by atoms with Gasteiger partial charge in [0.05, 0.1) is 5.88 Å². The monoisotopic (exact) mass is 199 g/mol. The lowest BCUT2D eigenvalue weighted by molar-refractivity contribution is -0.130. The van der Waals surface area contributed by atoms with E-state index in [0.717, 1.165) is 0 Å². The van der Waals surface area contributed by atoms with Gasteiger partial charge in [0, 0.05) is 0 Å². The topological polar surface area (TPSA) is 29.1 Å². The molecule has 0 aromatic carbocycles. The molecule has 0 heterocycles. The standard InChI is InChI=1S/C6H8F3NOS/c1-4(6(7,8)9)5(11)10-3-12-2/h1,3H2,2H3,(H,10,11). The fraction of sp³-hybridized carbons (Fsp3) is 0.500.